The molecule has 168 valence electrons. The molecular weight excluding hydrogens is 439 g/mol. The molecule has 3 rings (SSSR count). The second-order valence-corrected chi connectivity index (χ2v) is 10.2. The van der Waals surface area contributed by atoms with Gasteiger partial charge >= 0.3 is 0 Å². The SMILES string of the molecule is CCc1cccc(CC)c1NC(=O)C1CCN(S(=O)(=O)Cc2c(F)cccc2Cl)CC1. The molecule has 2 aromatic carbocycles. The standard InChI is InChI=1S/C23H28ClFN2O3S/c1-3-16-7-5-8-17(4-2)22(16)26-23(28)18-11-13-27(14-12-18)31(29,30)15-19-20(24)9-6-10-21(19)25/h5-10,18H,3-4,11-15H2,1-2H3,(H,26,28). The largest absolute Gasteiger partial charge is 0.325 e. The van der Waals surface area contributed by atoms with Crippen molar-refractivity contribution in [1.29, 1.82) is 0 Å². The minimum absolute atomic E-state index is 0.0210. The lowest BCUT2D eigenvalue weighted by Gasteiger charge is -2.31. The van der Waals surface area contributed by atoms with E-state index in [2.05, 4.69) is 19.2 Å². The topological polar surface area (TPSA) is 66.5 Å². The molecule has 0 aliphatic carbocycles. The van der Waals surface area contributed by atoms with Gasteiger partial charge in [-0.1, -0.05) is 49.7 Å². The number of carbonyl (C=O) groups is 1. The van der Waals surface area contributed by atoms with E-state index in [0.717, 1.165) is 29.7 Å². The maximum Gasteiger partial charge on any atom is 0.227 e. The number of sulfonamides is 1. The highest BCUT2D eigenvalue weighted by atomic mass is 35.5. The minimum atomic E-state index is -3.73. The molecule has 1 aliphatic rings. The van der Waals surface area contributed by atoms with Crippen LogP contribution in [0.5, 0.6) is 0 Å². The molecule has 0 atom stereocenters. The predicted molar refractivity (Wildman–Crippen MR) is 122 cm³/mol. The molecule has 0 aromatic heterocycles. The number of halogens is 2. The van der Waals surface area contributed by atoms with E-state index in [9.17, 15) is 17.6 Å². The molecule has 0 bridgehead atoms. The zero-order chi connectivity index (χ0) is 22.6. The smallest absolute Gasteiger partial charge is 0.227 e. The first-order chi connectivity index (χ1) is 14.8. The fraction of sp³-hybridized carbons (Fsp3) is 0.435. The normalized spacial score (nSPS) is 15.7. The van der Waals surface area contributed by atoms with Gasteiger partial charge < -0.3 is 5.32 Å². The van der Waals surface area contributed by atoms with Crippen LogP contribution in [-0.2, 0) is 33.4 Å². The lowest BCUT2D eigenvalue weighted by molar-refractivity contribution is -0.120. The zero-order valence-corrected chi connectivity index (χ0v) is 19.4. The Balaban J connectivity index is 1.65. The van der Waals surface area contributed by atoms with Crippen molar-refractivity contribution < 1.29 is 17.6 Å². The van der Waals surface area contributed by atoms with Crippen molar-refractivity contribution in [3.05, 3.63) is 63.9 Å². The van der Waals surface area contributed by atoms with Crippen molar-refractivity contribution in [1.82, 2.24) is 4.31 Å². The molecule has 1 fully saturated rings. The third kappa shape index (κ3) is 5.45. The molecule has 5 nitrogen and oxygen atoms in total. The number of nitrogens with one attached hydrogen (secondary N) is 1. The number of rotatable bonds is 7. The van der Waals surface area contributed by atoms with Gasteiger partial charge in [0.25, 0.3) is 0 Å². The minimum Gasteiger partial charge on any atom is -0.325 e. The van der Waals surface area contributed by atoms with Crippen LogP contribution < -0.4 is 5.32 Å². The molecule has 8 heteroatoms. The third-order valence-electron chi connectivity index (χ3n) is 5.85. The van der Waals surface area contributed by atoms with Gasteiger partial charge in [0.15, 0.2) is 0 Å². The molecule has 0 saturated carbocycles. The molecule has 31 heavy (non-hydrogen) atoms. The number of para-hydroxylation sites is 1. The van der Waals surface area contributed by atoms with Crippen LogP contribution >= 0.6 is 11.6 Å². The second kappa shape index (κ2) is 10.1. The first-order valence-corrected chi connectivity index (χ1v) is 12.6. The number of amides is 1. The highest BCUT2D eigenvalue weighted by molar-refractivity contribution is 7.88. The van der Waals surface area contributed by atoms with E-state index < -0.39 is 21.6 Å². The fourth-order valence-electron chi connectivity index (χ4n) is 3.97. The van der Waals surface area contributed by atoms with E-state index in [1.54, 1.807) is 0 Å². The summed E-state index contributed by atoms with van der Waals surface area (Å²) in [6.07, 6.45) is 2.48. The molecule has 1 saturated heterocycles. The molecule has 0 spiro atoms. The summed E-state index contributed by atoms with van der Waals surface area (Å²) in [6.45, 7) is 4.55. The van der Waals surface area contributed by atoms with Crippen LogP contribution in [0.15, 0.2) is 36.4 Å². The van der Waals surface area contributed by atoms with Crippen molar-refractivity contribution in [2.24, 2.45) is 5.92 Å². The Hall–Kier alpha value is -1.96. The monoisotopic (exact) mass is 466 g/mol. The van der Waals surface area contributed by atoms with E-state index in [-0.39, 0.29) is 35.5 Å². The maximum atomic E-state index is 14.0. The molecule has 1 amide bonds. The number of anilines is 1. The lowest BCUT2D eigenvalue weighted by Crippen LogP contribution is -2.42. The van der Waals surface area contributed by atoms with Gasteiger partial charge in [-0.3, -0.25) is 4.79 Å². The van der Waals surface area contributed by atoms with Crippen molar-refractivity contribution in [2.45, 2.75) is 45.3 Å². The second-order valence-electron chi connectivity index (χ2n) is 7.78. The number of hydrogen-bond donors (Lipinski definition) is 1. The van der Waals surface area contributed by atoms with Gasteiger partial charge in [0, 0.05) is 35.3 Å². The van der Waals surface area contributed by atoms with E-state index >= 15 is 0 Å². The van der Waals surface area contributed by atoms with Crippen LogP contribution in [0.2, 0.25) is 5.02 Å². The Bertz CT molecular complexity index is 1010. The highest BCUT2D eigenvalue weighted by Crippen LogP contribution is 2.28. The summed E-state index contributed by atoms with van der Waals surface area (Å²) >= 11 is 5.99. The fourth-order valence-corrected chi connectivity index (χ4v) is 5.89. The van der Waals surface area contributed by atoms with Gasteiger partial charge in [-0.15, -0.1) is 0 Å². The Morgan fingerprint density at radius 2 is 1.68 bits per heavy atom. The van der Waals surface area contributed by atoms with Gasteiger partial charge in [0.05, 0.1) is 5.75 Å². The summed E-state index contributed by atoms with van der Waals surface area (Å²) in [4.78, 5) is 12.9. The maximum absolute atomic E-state index is 14.0. The van der Waals surface area contributed by atoms with Crippen LogP contribution in [-0.4, -0.2) is 31.7 Å². The average Bonchev–Trinajstić information content (AvgIpc) is 2.76. The number of aryl methyl sites for hydroxylation is 2. The Labute approximate surface area is 188 Å². The number of nitrogens with zero attached hydrogens (tertiary/aromatic N) is 1. The van der Waals surface area contributed by atoms with Crippen LogP contribution in [0.25, 0.3) is 0 Å². The summed E-state index contributed by atoms with van der Waals surface area (Å²) in [7, 11) is -3.73. The van der Waals surface area contributed by atoms with Crippen molar-refractivity contribution >= 4 is 33.2 Å². The van der Waals surface area contributed by atoms with Crippen molar-refractivity contribution in [3.63, 3.8) is 0 Å². The number of hydrogen-bond acceptors (Lipinski definition) is 3. The number of benzene rings is 2. The Morgan fingerprint density at radius 3 is 2.23 bits per heavy atom. The summed E-state index contributed by atoms with van der Waals surface area (Å²) < 4.78 is 40.9. The summed E-state index contributed by atoms with van der Waals surface area (Å²) in [5.74, 6) is -1.46. The van der Waals surface area contributed by atoms with Crippen LogP contribution in [0.4, 0.5) is 10.1 Å². The van der Waals surface area contributed by atoms with Crippen LogP contribution in [0.3, 0.4) is 0 Å². The Kier molecular flexibility index (Phi) is 7.73. The highest BCUT2D eigenvalue weighted by Gasteiger charge is 2.32. The summed E-state index contributed by atoms with van der Waals surface area (Å²) in [5.41, 5.74) is 3.04. The third-order valence-corrected chi connectivity index (χ3v) is 8.01. The predicted octanol–water partition coefficient (Wildman–Crippen LogP) is 4.78. The van der Waals surface area contributed by atoms with Crippen LogP contribution in [0, 0.1) is 11.7 Å². The number of piperidine rings is 1. The van der Waals surface area contributed by atoms with Gasteiger partial charge in [-0.25, -0.2) is 17.1 Å². The van der Waals surface area contributed by atoms with E-state index in [4.69, 9.17) is 11.6 Å². The van der Waals surface area contributed by atoms with Gasteiger partial charge in [-0.2, -0.15) is 0 Å². The van der Waals surface area contributed by atoms with Gasteiger partial charge in [0.1, 0.15) is 5.82 Å². The van der Waals surface area contributed by atoms with Gasteiger partial charge in [-0.05, 0) is 48.9 Å². The molecule has 1 aliphatic heterocycles. The quantitative estimate of drug-likeness (QED) is 0.638. The Morgan fingerprint density at radius 1 is 1.10 bits per heavy atom. The molecule has 0 radical (unpaired) electrons. The van der Waals surface area contributed by atoms with Crippen molar-refractivity contribution in [2.75, 3.05) is 18.4 Å². The summed E-state index contributed by atoms with van der Waals surface area (Å²) in [6, 6.07) is 10.1. The first-order valence-electron chi connectivity index (χ1n) is 10.6. The summed E-state index contributed by atoms with van der Waals surface area (Å²) in [5, 5.41) is 3.18. The first kappa shape index (κ1) is 23.7. The zero-order valence-electron chi connectivity index (χ0n) is 17.8. The molecular formula is C23H28ClFN2O3S. The van der Waals surface area contributed by atoms with Crippen LogP contribution in [0.1, 0.15) is 43.4 Å². The molecule has 0 unspecified atom stereocenters. The van der Waals surface area contributed by atoms with E-state index in [1.165, 1.54) is 22.5 Å². The average molecular weight is 467 g/mol. The molecule has 1 N–H and O–H groups in total. The van der Waals surface area contributed by atoms with Crippen molar-refractivity contribution in [3.8, 4) is 0 Å². The van der Waals surface area contributed by atoms with E-state index in [0.29, 0.717) is 12.8 Å². The number of carbonyl (C=O) groups excluding carboxylic acids is 1. The molecule has 2 aromatic rings. The molecule has 1 heterocycles. The van der Waals surface area contributed by atoms with Gasteiger partial charge in [0.2, 0.25) is 15.9 Å². The lowest BCUT2D eigenvalue weighted by atomic mass is 9.96. The van der Waals surface area contributed by atoms with E-state index in [1.807, 2.05) is 18.2 Å².